The highest BCUT2D eigenvalue weighted by atomic mass is 32.1. The Labute approximate surface area is 120 Å². The van der Waals surface area contributed by atoms with Gasteiger partial charge in [0.15, 0.2) is 0 Å². The van der Waals surface area contributed by atoms with Crippen molar-refractivity contribution in [2.45, 2.75) is 39.7 Å². The Balaban J connectivity index is 2.18. The van der Waals surface area contributed by atoms with Gasteiger partial charge in [-0.1, -0.05) is 45.0 Å². The van der Waals surface area contributed by atoms with Crippen LogP contribution in [0.5, 0.6) is 0 Å². The van der Waals surface area contributed by atoms with E-state index in [0.29, 0.717) is 12.0 Å². The SMILES string of the molecule is CCNC(C)c1ccc(-c2ccc(C(C)C)cc2)s1. The van der Waals surface area contributed by atoms with E-state index in [1.54, 1.807) is 0 Å². The average molecular weight is 273 g/mol. The molecule has 1 N–H and O–H groups in total. The van der Waals surface area contributed by atoms with Crippen LogP contribution in [-0.2, 0) is 0 Å². The van der Waals surface area contributed by atoms with Gasteiger partial charge in [0.1, 0.15) is 0 Å². The lowest BCUT2D eigenvalue weighted by atomic mass is 10.0. The monoisotopic (exact) mass is 273 g/mol. The van der Waals surface area contributed by atoms with Crippen molar-refractivity contribution < 1.29 is 0 Å². The summed E-state index contributed by atoms with van der Waals surface area (Å²) in [6.45, 7) is 9.85. The zero-order valence-corrected chi connectivity index (χ0v) is 13.1. The van der Waals surface area contributed by atoms with Crippen LogP contribution in [0.3, 0.4) is 0 Å². The van der Waals surface area contributed by atoms with E-state index in [-0.39, 0.29) is 0 Å². The lowest BCUT2D eigenvalue weighted by Crippen LogP contribution is -2.16. The van der Waals surface area contributed by atoms with Gasteiger partial charge in [0.2, 0.25) is 0 Å². The molecule has 0 fully saturated rings. The van der Waals surface area contributed by atoms with Gasteiger partial charge >= 0.3 is 0 Å². The predicted molar refractivity (Wildman–Crippen MR) is 85.9 cm³/mol. The fourth-order valence-electron chi connectivity index (χ4n) is 2.18. The fraction of sp³-hybridized carbons (Fsp3) is 0.412. The van der Waals surface area contributed by atoms with Crippen LogP contribution in [0.15, 0.2) is 36.4 Å². The van der Waals surface area contributed by atoms with Gasteiger partial charge in [-0.15, -0.1) is 11.3 Å². The predicted octanol–water partition coefficient (Wildman–Crippen LogP) is 5.21. The molecular formula is C17H23NS. The van der Waals surface area contributed by atoms with E-state index in [2.05, 4.69) is 69.4 Å². The molecule has 2 rings (SSSR count). The van der Waals surface area contributed by atoms with Gasteiger partial charge in [-0.25, -0.2) is 0 Å². The number of benzene rings is 1. The van der Waals surface area contributed by atoms with Crippen LogP contribution in [0, 0.1) is 0 Å². The molecule has 2 heteroatoms. The summed E-state index contributed by atoms with van der Waals surface area (Å²) in [4.78, 5) is 2.76. The van der Waals surface area contributed by atoms with Gasteiger partial charge in [-0.2, -0.15) is 0 Å². The van der Waals surface area contributed by atoms with Crippen molar-refractivity contribution in [3.8, 4) is 10.4 Å². The summed E-state index contributed by atoms with van der Waals surface area (Å²) in [5.74, 6) is 0.599. The molecule has 0 aliphatic carbocycles. The molecule has 0 saturated heterocycles. The summed E-state index contributed by atoms with van der Waals surface area (Å²) in [6, 6.07) is 13.9. The molecule has 1 atom stereocenters. The topological polar surface area (TPSA) is 12.0 Å². The molecule has 0 radical (unpaired) electrons. The van der Waals surface area contributed by atoms with Crippen molar-refractivity contribution in [2.75, 3.05) is 6.54 Å². The molecule has 0 saturated carbocycles. The Morgan fingerprint density at radius 3 is 2.26 bits per heavy atom. The summed E-state index contributed by atoms with van der Waals surface area (Å²) in [7, 11) is 0. The third-order valence-electron chi connectivity index (χ3n) is 3.43. The number of thiophene rings is 1. The summed E-state index contributed by atoms with van der Waals surface area (Å²) in [6.07, 6.45) is 0. The second-order valence-electron chi connectivity index (χ2n) is 5.26. The van der Waals surface area contributed by atoms with E-state index in [9.17, 15) is 0 Å². The fourth-order valence-corrected chi connectivity index (χ4v) is 3.22. The Morgan fingerprint density at radius 1 is 1.00 bits per heavy atom. The van der Waals surface area contributed by atoms with Gasteiger partial charge in [0.25, 0.3) is 0 Å². The van der Waals surface area contributed by atoms with E-state index in [0.717, 1.165) is 6.54 Å². The quantitative estimate of drug-likeness (QED) is 0.788. The van der Waals surface area contributed by atoms with Crippen molar-refractivity contribution in [1.82, 2.24) is 5.32 Å². The summed E-state index contributed by atoms with van der Waals surface area (Å²) in [5, 5.41) is 3.46. The molecule has 0 spiro atoms. The van der Waals surface area contributed by atoms with Gasteiger partial charge < -0.3 is 5.32 Å². The number of rotatable bonds is 5. The van der Waals surface area contributed by atoms with Gasteiger partial charge in [0, 0.05) is 15.8 Å². The van der Waals surface area contributed by atoms with Crippen LogP contribution in [0.4, 0.5) is 0 Å². The maximum absolute atomic E-state index is 3.46. The molecule has 1 nitrogen and oxygen atoms in total. The molecule has 1 unspecified atom stereocenters. The molecule has 1 heterocycles. The Bertz CT molecular complexity index is 510. The zero-order valence-electron chi connectivity index (χ0n) is 12.2. The lowest BCUT2D eigenvalue weighted by Gasteiger charge is -2.09. The standard InChI is InChI=1S/C17H23NS/c1-5-18-13(4)16-10-11-17(19-16)15-8-6-14(7-9-15)12(2)3/h6-13,18H,5H2,1-4H3. The van der Waals surface area contributed by atoms with Crippen LogP contribution in [0.1, 0.15) is 50.1 Å². The molecule has 1 aromatic carbocycles. The van der Waals surface area contributed by atoms with Crippen molar-refractivity contribution in [3.63, 3.8) is 0 Å². The summed E-state index contributed by atoms with van der Waals surface area (Å²) >= 11 is 1.89. The van der Waals surface area contributed by atoms with Crippen LogP contribution in [0.25, 0.3) is 10.4 Å². The maximum atomic E-state index is 3.46. The number of hydrogen-bond donors (Lipinski definition) is 1. The lowest BCUT2D eigenvalue weighted by molar-refractivity contribution is 0.607. The minimum absolute atomic E-state index is 0.443. The van der Waals surface area contributed by atoms with Crippen LogP contribution in [0.2, 0.25) is 0 Å². The molecule has 0 bridgehead atoms. The normalized spacial score (nSPS) is 12.9. The highest BCUT2D eigenvalue weighted by Gasteiger charge is 2.08. The van der Waals surface area contributed by atoms with Gasteiger partial charge in [-0.3, -0.25) is 0 Å². The highest BCUT2D eigenvalue weighted by molar-refractivity contribution is 7.15. The summed E-state index contributed by atoms with van der Waals surface area (Å²) in [5.41, 5.74) is 2.73. The number of hydrogen-bond acceptors (Lipinski definition) is 2. The van der Waals surface area contributed by atoms with E-state index in [1.807, 2.05) is 11.3 Å². The van der Waals surface area contributed by atoms with E-state index in [1.165, 1.54) is 20.9 Å². The molecule has 0 aliphatic rings. The number of nitrogens with one attached hydrogen (secondary N) is 1. The Kier molecular flexibility index (Phi) is 4.78. The molecule has 1 aromatic heterocycles. The van der Waals surface area contributed by atoms with Crippen LogP contribution in [-0.4, -0.2) is 6.54 Å². The average Bonchev–Trinajstić information content (AvgIpc) is 2.89. The molecule has 0 amide bonds. The molecule has 102 valence electrons. The first kappa shape index (κ1) is 14.3. The van der Waals surface area contributed by atoms with Crippen molar-refractivity contribution in [2.24, 2.45) is 0 Å². The van der Waals surface area contributed by atoms with Crippen molar-refractivity contribution in [1.29, 1.82) is 0 Å². The second-order valence-corrected chi connectivity index (χ2v) is 6.37. The van der Waals surface area contributed by atoms with Crippen LogP contribution < -0.4 is 5.32 Å². The first-order valence-electron chi connectivity index (χ1n) is 7.05. The van der Waals surface area contributed by atoms with Gasteiger partial charge in [-0.05, 0) is 42.6 Å². The smallest absolute Gasteiger partial charge is 0.0386 e. The maximum Gasteiger partial charge on any atom is 0.0386 e. The van der Waals surface area contributed by atoms with Gasteiger partial charge in [0.05, 0.1) is 0 Å². The minimum atomic E-state index is 0.443. The van der Waals surface area contributed by atoms with E-state index in [4.69, 9.17) is 0 Å². The van der Waals surface area contributed by atoms with Crippen LogP contribution >= 0.6 is 11.3 Å². The molecule has 0 aliphatic heterocycles. The third-order valence-corrected chi connectivity index (χ3v) is 4.74. The van der Waals surface area contributed by atoms with Crippen molar-refractivity contribution in [3.05, 3.63) is 46.8 Å². The van der Waals surface area contributed by atoms with E-state index >= 15 is 0 Å². The molecule has 2 aromatic rings. The first-order chi connectivity index (χ1) is 9.11. The largest absolute Gasteiger partial charge is 0.310 e. The molecule has 19 heavy (non-hydrogen) atoms. The Hall–Kier alpha value is -1.12. The molecular weight excluding hydrogens is 250 g/mol. The summed E-state index contributed by atoms with van der Waals surface area (Å²) < 4.78 is 0. The Morgan fingerprint density at radius 2 is 1.68 bits per heavy atom. The highest BCUT2D eigenvalue weighted by Crippen LogP contribution is 2.32. The minimum Gasteiger partial charge on any atom is -0.310 e. The second kappa shape index (κ2) is 6.36. The van der Waals surface area contributed by atoms with Crippen molar-refractivity contribution >= 4 is 11.3 Å². The zero-order chi connectivity index (χ0) is 13.8. The first-order valence-corrected chi connectivity index (χ1v) is 7.87. The third kappa shape index (κ3) is 3.46. The van der Waals surface area contributed by atoms with E-state index < -0.39 is 0 Å².